The molecular formula is C43H25N5. The molecule has 48 heavy (non-hydrogen) atoms. The molecule has 3 aromatic heterocycles. The molecule has 222 valence electrons. The molecule has 0 aliphatic carbocycles. The van der Waals surface area contributed by atoms with E-state index >= 15 is 0 Å². The van der Waals surface area contributed by atoms with E-state index in [2.05, 4.69) is 139 Å². The van der Waals surface area contributed by atoms with Crippen LogP contribution in [0.1, 0.15) is 0 Å². The summed E-state index contributed by atoms with van der Waals surface area (Å²) in [6.07, 6.45) is 0. The van der Waals surface area contributed by atoms with E-state index in [4.69, 9.17) is 13.1 Å². The summed E-state index contributed by atoms with van der Waals surface area (Å²) in [7, 11) is 0. The van der Waals surface area contributed by atoms with Crippen LogP contribution in [0.4, 0.5) is 11.5 Å². The minimum absolute atomic E-state index is 0.324. The fraction of sp³-hybridized carbons (Fsp3) is 0. The topological polar surface area (TPSA) is 31.5 Å². The second kappa shape index (κ2) is 10.8. The first-order valence-electron chi connectivity index (χ1n) is 15.7. The van der Waals surface area contributed by atoms with Crippen LogP contribution < -0.4 is 0 Å². The van der Waals surface area contributed by atoms with E-state index in [1.807, 2.05) is 30.3 Å². The van der Waals surface area contributed by atoms with Gasteiger partial charge in [-0.05, 0) is 72.3 Å². The lowest BCUT2D eigenvalue weighted by atomic mass is 9.99. The lowest BCUT2D eigenvalue weighted by molar-refractivity contribution is 1.18. The smallest absolute Gasteiger partial charge is 0.270 e. The van der Waals surface area contributed by atoms with Crippen LogP contribution in [-0.4, -0.2) is 14.1 Å². The predicted octanol–water partition coefficient (Wildman–Crippen LogP) is 11.7. The molecule has 3 heterocycles. The van der Waals surface area contributed by atoms with E-state index < -0.39 is 0 Å². The molecule has 9 aromatic rings. The standard InChI is InChI=1S/C43H25N5/c1-44-30-24-29(38-18-11-21-42(45-2)46-38)25-32(27-30)48-40-20-9-6-14-34(40)36-17-10-16-33(43(36)48)28-22-23-41-37(26-28)35-15-7-8-19-39(35)47(41)31-12-4-3-5-13-31/h3-27H. The second-order valence-electron chi connectivity index (χ2n) is 11.8. The molecule has 0 spiro atoms. The molecule has 0 aliphatic rings. The van der Waals surface area contributed by atoms with Gasteiger partial charge in [-0.3, -0.25) is 0 Å². The SMILES string of the molecule is [C-]#[N+]c1cc(-c2cccc([N+]#[C-])n2)cc(-n2c3ccccc3c3cccc(-c4ccc5c(c4)c4ccccc4n5-c4ccccc4)c32)c1. The zero-order valence-corrected chi connectivity index (χ0v) is 25.7. The Balaban J connectivity index is 1.33. The fourth-order valence-corrected chi connectivity index (χ4v) is 7.10. The molecule has 0 atom stereocenters. The van der Waals surface area contributed by atoms with Gasteiger partial charge >= 0.3 is 0 Å². The molecule has 0 saturated heterocycles. The third-order valence-corrected chi connectivity index (χ3v) is 9.13. The maximum absolute atomic E-state index is 7.96. The molecule has 0 radical (unpaired) electrons. The van der Waals surface area contributed by atoms with Gasteiger partial charge in [-0.1, -0.05) is 91.5 Å². The first kappa shape index (κ1) is 27.4. The van der Waals surface area contributed by atoms with Crippen molar-refractivity contribution in [3.8, 4) is 33.8 Å². The fourth-order valence-electron chi connectivity index (χ4n) is 7.10. The van der Waals surface area contributed by atoms with Crippen LogP contribution in [-0.2, 0) is 0 Å². The number of hydrogen-bond donors (Lipinski definition) is 0. The average molecular weight is 612 g/mol. The number of rotatable bonds is 4. The molecule has 0 unspecified atom stereocenters. The third kappa shape index (κ3) is 4.20. The van der Waals surface area contributed by atoms with Crippen LogP contribution >= 0.6 is 0 Å². The molecule has 0 amide bonds. The second-order valence-corrected chi connectivity index (χ2v) is 11.8. The highest BCUT2D eigenvalue weighted by Gasteiger charge is 2.19. The van der Waals surface area contributed by atoms with Gasteiger partial charge in [0.2, 0.25) is 0 Å². The number of pyridine rings is 1. The van der Waals surface area contributed by atoms with E-state index in [0.29, 0.717) is 17.2 Å². The average Bonchev–Trinajstić information content (AvgIpc) is 3.68. The minimum Gasteiger partial charge on any atom is -0.361 e. The lowest BCUT2D eigenvalue weighted by Gasteiger charge is -2.14. The summed E-state index contributed by atoms with van der Waals surface area (Å²) < 4.78 is 4.61. The van der Waals surface area contributed by atoms with Crippen LogP contribution in [0, 0.1) is 13.1 Å². The summed E-state index contributed by atoms with van der Waals surface area (Å²) in [6.45, 7) is 15.4. The molecule has 5 heteroatoms. The van der Waals surface area contributed by atoms with E-state index in [0.717, 1.165) is 55.4 Å². The van der Waals surface area contributed by atoms with Crippen molar-refractivity contribution in [3.63, 3.8) is 0 Å². The van der Waals surface area contributed by atoms with Crippen LogP contribution in [0.3, 0.4) is 0 Å². The van der Waals surface area contributed by atoms with Gasteiger partial charge in [0.25, 0.3) is 5.82 Å². The van der Waals surface area contributed by atoms with Gasteiger partial charge in [-0.25, -0.2) is 4.85 Å². The van der Waals surface area contributed by atoms with Crippen molar-refractivity contribution in [2.45, 2.75) is 0 Å². The summed E-state index contributed by atoms with van der Waals surface area (Å²) in [5, 5.41) is 4.67. The van der Waals surface area contributed by atoms with Crippen molar-refractivity contribution in [3.05, 3.63) is 174 Å². The lowest BCUT2D eigenvalue weighted by Crippen LogP contribution is -1.97. The minimum atomic E-state index is 0.324. The molecule has 0 bridgehead atoms. The van der Waals surface area contributed by atoms with E-state index in [1.165, 1.54) is 16.3 Å². The number of aromatic nitrogens is 3. The van der Waals surface area contributed by atoms with Gasteiger partial charge in [0.15, 0.2) is 11.4 Å². The number of nitrogens with zero attached hydrogens (tertiary/aromatic N) is 5. The van der Waals surface area contributed by atoms with E-state index in [-0.39, 0.29) is 0 Å². The summed E-state index contributed by atoms with van der Waals surface area (Å²) in [6, 6.07) is 52.1. The summed E-state index contributed by atoms with van der Waals surface area (Å²) in [5.41, 5.74) is 10.6. The van der Waals surface area contributed by atoms with Gasteiger partial charge in [0.05, 0.1) is 28.6 Å². The number of benzene rings is 6. The molecule has 0 N–H and O–H groups in total. The molecule has 0 fully saturated rings. The van der Waals surface area contributed by atoms with Crippen molar-refractivity contribution < 1.29 is 0 Å². The Hall–Kier alpha value is -6.95. The van der Waals surface area contributed by atoms with Crippen LogP contribution in [0.5, 0.6) is 0 Å². The van der Waals surface area contributed by atoms with Gasteiger partial charge in [0, 0.05) is 44.0 Å². The monoisotopic (exact) mass is 611 g/mol. The number of hydrogen-bond acceptors (Lipinski definition) is 1. The van der Waals surface area contributed by atoms with E-state index in [9.17, 15) is 0 Å². The maximum Gasteiger partial charge on any atom is 0.270 e. The Kier molecular flexibility index (Phi) is 6.18. The largest absolute Gasteiger partial charge is 0.361 e. The first-order chi connectivity index (χ1) is 23.7. The van der Waals surface area contributed by atoms with Gasteiger partial charge in [-0.2, -0.15) is 0 Å². The van der Waals surface area contributed by atoms with Gasteiger partial charge < -0.3 is 14.0 Å². The Morgan fingerprint density at radius 3 is 1.94 bits per heavy atom. The van der Waals surface area contributed by atoms with Crippen molar-refractivity contribution in [2.75, 3.05) is 0 Å². The van der Waals surface area contributed by atoms with Crippen molar-refractivity contribution in [1.29, 1.82) is 0 Å². The molecule has 0 saturated carbocycles. The highest BCUT2D eigenvalue weighted by Crippen LogP contribution is 2.41. The Morgan fingerprint density at radius 2 is 1.15 bits per heavy atom. The summed E-state index contributed by atoms with van der Waals surface area (Å²) >= 11 is 0. The summed E-state index contributed by atoms with van der Waals surface area (Å²) in [5.74, 6) is 0.324. The molecule has 5 nitrogen and oxygen atoms in total. The third-order valence-electron chi connectivity index (χ3n) is 9.13. The highest BCUT2D eigenvalue weighted by molar-refractivity contribution is 6.15. The Labute approximate surface area is 276 Å². The van der Waals surface area contributed by atoms with Crippen molar-refractivity contribution in [2.24, 2.45) is 0 Å². The van der Waals surface area contributed by atoms with Crippen LogP contribution in [0.15, 0.2) is 152 Å². The maximum atomic E-state index is 7.96. The van der Waals surface area contributed by atoms with E-state index in [1.54, 1.807) is 6.07 Å². The zero-order valence-electron chi connectivity index (χ0n) is 25.7. The molecule has 0 aliphatic heterocycles. The highest BCUT2D eigenvalue weighted by atomic mass is 15.0. The van der Waals surface area contributed by atoms with Crippen LogP contribution in [0.2, 0.25) is 0 Å². The normalized spacial score (nSPS) is 11.3. The Bertz CT molecular complexity index is 2810. The predicted molar refractivity (Wildman–Crippen MR) is 196 cm³/mol. The molecular weight excluding hydrogens is 587 g/mol. The zero-order chi connectivity index (χ0) is 32.2. The van der Waals surface area contributed by atoms with Gasteiger partial charge in [-0.15, -0.1) is 4.98 Å². The summed E-state index contributed by atoms with van der Waals surface area (Å²) in [4.78, 5) is 11.9. The van der Waals surface area contributed by atoms with Gasteiger partial charge in [0.1, 0.15) is 0 Å². The van der Waals surface area contributed by atoms with Crippen LogP contribution in [0.25, 0.3) is 87.1 Å². The Morgan fingerprint density at radius 1 is 0.458 bits per heavy atom. The first-order valence-corrected chi connectivity index (χ1v) is 15.7. The number of para-hydroxylation sites is 4. The molecule has 6 aromatic carbocycles. The molecule has 9 rings (SSSR count). The number of fused-ring (bicyclic) bond motifs is 6. The van der Waals surface area contributed by atoms with Crippen molar-refractivity contribution in [1.82, 2.24) is 14.1 Å². The van der Waals surface area contributed by atoms with Crippen molar-refractivity contribution >= 4 is 55.1 Å². The quantitative estimate of drug-likeness (QED) is 0.182.